The number of anilines is 1. The van der Waals surface area contributed by atoms with E-state index in [9.17, 15) is 19.5 Å². The normalized spacial score (nSPS) is 19.7. The van der Waals surface area contributed by atoms with Crippen LogP contribution >= 0.6 is 34.9 Å². The molecule has 2 aromatic heterocycles. The lowest BCUT2D eigenvalue weighted by Crippen LogP contribution is -2.71. The highest BCUT2D eigenvalue weighted by atomic mass is 32.2. The fourth-order valence-corrected chi connectivity index (χ4v) is 6.22. The highest BCUT2D eigenvalue weighted by Crippen LogP contribution is 2.41. The summed E-state index contributed by atoms with van der Waals surface area (Å²) >= 11 is 4.07. The van der Waals surface area contributed by atoms with Crippen LogP contribution in [0.4, 0.5) is 5.82 Å². The smallest absolute Gasteiger partial charge is 0.352 e. The van der Waals surface area contributed by atoms with Crippen LogP contribution in [0.2, 0.25) is 0 Å². The Morgan fingerprint density at radius 2 is 2.29 bits per heavy atom. The van der Waals surface area contributed by atoms with Gasteiger partial charge in [-0.25, -0.2) is 14.8 Å². The second-order valence-corrected chi connectivity index (χ2v) is 10.4. The molecule has 2 aliphatic heterocycles. The average Bonchev–Trinajstić information content (AvgIpc) is 3.36. The number of nitrogen functional groups attached to an aromatic ring is 1. The minimum absolute atomic E-state index is 0.0550. The number of oxime groups is 1. The molecule has 13 nitrogen and oxygen atoms in total. The Labute approximate surface area is 211 Å². The molecule has 1 saturated heterocycles. The molecule has 4 rings (SSSR count). The lowest BCUT2D eigenvalue weighted by atomic mass is 10.0. The Morgan fingerprint density at radius 3 is 2.97 bits per heavy atom. The van der Waals surface area contributed by atoms with Crippen LogP contribution in [0, 0.1) is 0 Å². The first kappa shape index (κ1) is 24.9. The standard InChI is InChI=1S/C19H20N8O5S3/c1-2-5-32-26-11(14-21-4-3-10(20)23-14)15(28)24-12-16(29)27-13(18(30)31)9(6-33-17(12)27)7-34-19-25-22-8-35-19/h3-4,8,12,17H,2,5-7H2,1H3,(H,24,28)(H,30,31)(H2,20,21,23)/b26-11-/t12?,17-/m1/s1. The molecule has 4 heterocycles. The minimum Gasteiger partial charge on any atom is -0.477 e. The SMILES string of the molecule is CCCO/N=C(\C(=O)NC1C(=O)N2C(C(=O)O)=C(CSc3nncs3)CS[C@H]12)c1nccc(N)n1. The third kappa shape index (κ3) is 5.38. The van der Waals surface area contributed by atoms with Gasteiger partial charge in [0.2, 0.25) is 5.71 Å². The number of carbonyl (C=O) groups is 3. The number of amides is 2. The second kappa shape index (κ2) is 11.0. The molecule has 0 radical (unpaired) electrons. The van der Waals surface area contributed by atoms with Gasteiger partial charge in [0.1, 0.15) is 35.0 Å². The number of nitrogens with one attached hydrogen (secondary N) is 1. The Kier molecular flexibility index (Phi) is 7.82. The average molecular weight is 537 g/mol. The predicted molar refractivity (Wildman–Crippen MR) is 130 cm³/mol. The van der Waals surface area contributed by atoms with Gasteiger partial charge in [-0.2, -0.15) is 0 Å². The maximum Gasteiger partial charge on any atom is 0.352 e. The second-order valence-electron chi connectivity index (χ2n) is 7.19. The Hall–Kier alpha value is -3.24. The summed E-state index contributed by atoms with van der Waals surface area (Å²) in [5, 5.41) is 23.4. The highest BCUT2D eigenvalue weighted by molar-refractivity contribution is 8.01. The van der Waals surface area contributed by atoms with Crippen LogP contribution < -0.4 is 11.1 Å². The summed E-state index contributed by atoms with van der Waals surface area (Å²) in [5.74, 6) is -1.65. The van der Waals surface area contributed by atoms with Crippen LogP contribution in [0.1, 0.15) is 19.2 Å². The molecule has 2 atom stereocenters. The van der Waals surface area contributed by atoms with Crippen molar-refractivity contribution >= 4 is 64.2 Å². The number of rotatable bonds is 10. The summed E-state index contributed by atoms with van der Waals surface area (Å²) in [4.78, 5) is 52.4. The number of hydrogen-bond acceptors (Lipinski definition) is 13. The summed E-state index contributed by atoms with van der Waals surface area (Å²) in [6, 6.07) is 0.509. The van der Waals surface area contributed by atoms with Gasteiger partial charge in [-0.15, -0.1) is 22.0 Å². The van der Waals surface area contributed by atoms with Crippen LogP contribution in [0.3, 0.4) is 0 Å². The molecule has 0 bridgehead atoms. The molecule has 16 heteroatoms. The van der Waals surface area contributed by atoms with Crippen molar-refractivity contribution in [2.45, 2.75) is 29.1 Å². The lowest BCUT2D eigenvalue weighted by molar-refractivity contribution is -0.150. The van der Waals surface area contributed by atoms with Crippen molar-refractivity contribution < 1.29 is 24.3 Å². The molecule has 4 N–H and O–H groups in total. The Balaban J connectivity index is 1.50. The van der Waals surface area contributed by atoms with E-state index in [2.05, 4.69) is 30.6 Å². The van der Waals surface area contributed by atoms with Gasteiger partial charge in [-0.1, -0.05) is 35.2 Å². The molecule has 2 aromatic rings. The molecular formula is C19H20N8O5S3. The Bertz CT molecular complexity index is 1190. The number of hydrogen-bond donors (Lipinski definition) is 3. The van der Waals surface area contributed by atoms with Gasteiger partial charge in [0.15, 0.2) is 10.2 Å². The van der Waals surface area contributed by atoms with E-state index in [1.165, 1.54) is 52.0 Å². The molecule has 1 unspecified atom stereocenters. The van der Waals surface area contributed by atoms with Crippen molar-refractivity contribution in [1.82, 2.24) is 30.4 Å². The van der Waals surface area contributed by atoms with Crippen molar-refractivity contribution in [2.75, 3.05) is 23.8 Å². The highest BCUT2D eigenvalue weighted by Gasteiger charge is 2.54. The molecule has 0 saturated carbocycles. The van der Waals surface area contributed by atoms with E-state index in [1.807, 2.05) is 6.92 Å². The van der Waals surface area contributed by atoms with Gasteiger partial charge in [-0.3, -0.25) is 14.5 Å². The number of nitrogens with zero attached hydrogens (tertiary/aromatic N) is 6. The number of nitrogens with two attached hydrogens (primary N) is 1. The quantitative estimate of drug-likeness (QED) is 0.126. The van der Waals surface area contributed by atoms with E-state index in [4.69, 9.17) is 10.6 Å². The van der Waals surface area contributed by atoms with Crippen molar-refractivity contribution in [3.63, 3.8) is 0 Å². The molecule has 2 amide bonds. The monoisotopic (exact) mass is 536 g/mol. The molecule has 0 aromatic carbocycles. The van der Waals surface area contributed by atoms with E-state index >= 15 is 0 Å². The van der Waals surface area contributed by atoms with Crippen LogP contribution in [0.15, 0.2) is 38.5 Å². The molecule has 184 valence electrons. The van der Waals surface area contributed by atoms with Crippen molar-refractivity contribution in [3.05, 3.63) is 34.9 Å². The minimum atomic E-state index is -1.20. The lowest BCUT2D eigenvalue weighted by Gasteiger charge is -2.49. The van der Waals surface area contributed by atoms with Crippen LogP contribution in [0.25, 0.3) is 0 Å². The third-order valence-electron chi connectivity index (χ3n) is 4.80. The van der Waals surface area contributed by atoms with Gasteiger partial charge in [0, 0.05) is 17.7 Å². The number of carboxylic acids is 1. The molecule has 2 aliphatic rings. The topological polar surface area (TPSA) is 186 Å². The molecule has 35 heavy (non-hydrogen) atoms. The van der Waals surface area contributed by atoms with Crippen molar-refractivity contribution in [2.24, 2.45) is 5.16 Å². The number of aliphatic carboxylic acids is 1. The fourth-order valence-electron chi connectivity index (χ4n) is 3.25. The summed E-state index contributed by atoms with van der Waals surface area (Å²) in [6.07, 6.45) is 2.04. The molecular weight excluding hydrogens is 516 g/mol. The van der Waals surface area contributed by atoms with Crippen molar-refractivity contribution in [1.29, 1.82) is 0 Å². The largest absolute Gasteiger partial charge is 0.477 e. The van der Waals surface area contributed by atoms with Gasteiger partial charge in [0.25, 0.3) is 11.8 Å². The van der Waals surface area contributed by atoms with E-state index in [0.717, 1.165) is 0 Å². The van der Waals surface area contributed by atoms with Gasteiger partial charge in [0.05, 0.1) is 0 Å². The molecule has 1 fully saturated rings. The van der Waals surface area contributed by atoms with Crippen LogP contribution in [-0.4, -0.2) is 83.2 Å². The van der Waals surface area contributed by atoms with Gasteiger partial charge in [-0.05, 0) is 18.1 Å². The fraction of sp³-hybridized carbons (Fsp3) is 0.368. The van der Waals surface area contributed by atoms with Crippen LogP contribution in [0.5, 0.6) is 0 Å². The zero-order chi connectivity index (χ0) is 24.9. The summed E-state index contributed by atoms with van der Waals surface area (Å²) in [7, 11) is 0. The first-order chi connectivity index (χ1) is 16.9. The van der Waals surface area contributed by atoms with E-state index in [1.54, 1.807) is 5.51 Å². The Morgan fingerprint density at radius 1 is 1.46 bits per heavy atom. The number of thioether (sulfide) groups is 2. The van der Waals surface area contributed by atoms with E-state index in [-0.39, 0.29) is 29.7 Å². The van der Waals surface area contributed by atoms with E-state index in [0.29, 0.717) is 27.8 Å². The zero-order valence-corrected chi connectivity index (χ0v) is 20.7. The van der Waals surface area contributed by atoms with E-state index < -0.39 is 29.2 Å². The number of β-lactam (4-membered cyclic amide) rings is 1. The molecule has 0 spiro atoms. The van der Waals surface area contributed by atoms with Gasteiger partial charge < -0.3 is 21.0 Å². The first-order valence-electron chi connectivity index (χ1n) is 10.3. The number of carbonyl (C=O) groups excluding carboxylic acids is 2. The maximum absolute atomic E-state index is 13.0. The number of fused-ring (bicyclic) bond motifs is 1. The zero-order valence-electron chi connectivity index (χ0n) is 18.3. The molecule has 0 aliphatic carbocycles. The van der Waals surface area contributed by atoms with Crippen LogP contribution in [-0.2, 0) is 19.2 Å². The first-order valence-corrected chi connectivity index (χ1v) is 13.2. The van der Waals surface area contributed by atoms with Crippen molar-refractivity contribution in [3.8, 4) is 0 Å². The summed E-state index contributed by atoms with van der Waals surface area (Å²) in [6.45, 7) is 2.14. The summed E-state index contributed by atoms with van der Waals surface area (Å²) in [5.41, 5.74) is 7.58. The van der Waals surface area contributed by atoms with Gasteiger partial charge >= 0.3 is 5.97 Å². The third-order valence-corrected chi connectivity index (χ3v) is 8.09. The number of carboxylic acid groups (broad SMARTS) is 1. The predicted octanol–water partition coefficient (Wildman–Crippen LogP) is 0.572. The number of aromatic nitrogens is 4. The summed E-state index contributed by atoms with van der Waals surface area (Å²) < 4.78 is 0.704. The maximum atomic E-state index is 13.0.